The summed E-state index contributed by atoms with van der Waals surface area (Å²) in [6, 6.07) is 4.81. The Bertz CT molecular complexity index is 631. The molecular formula is C13H15Cl2NO3S. The summed E-state index contributed by atoms with van der Waals surface area (Å²) in [5, 5.41) is 0.848. The summed E-state index contributed by atoms with van der Waals surface area (Å²) in [6.07, 6.45) is 0.690. The number of benzene rings is 1. The number of hydrogen-bond donors (Lipinski definition) is 0. The van der Waals surface area contributed by atoms with E-state index >= 15 is 0 Å². The molecule has 0 bridgehead atoms. The van der Waals surface area contributed by atoms with E-state index in [2.05, 4.69) is 0 Å². The van der Waals surface area contributed by atoms with Crippen LogP contribution in [0, 0.1) is 0 Å². The Kier molecular flexibility index (Phi) is 4.62. The van der Waals surface area contributed by atoms with Gasteiger partial charge in [-0.25, -0.2) is 8.42 Å². The van der Waals surface area contributed by atoms with Crippen LogP contribution in [-0.4, -0.2) is 43.8 Å². The molecule has 0 unspecified atom stereocenters. The standard InChI is InChI=1S/C13H15Cl2NO3S/c1-16(10-4-5-20(18,19)8-10)13(17)7-9-2-3-11(14)12(15)6-9/h2-3,6,10H,4-5,7-8H2,1H3/t10-/m0/s1. The molecule has 1 fully saturated rings. The van der Waals surface area contributed by atoms with E-state index in [9.17, 15) is 13.2 Å². The zero-order valence-corrected chi connectivity index (χ0v) is 13.3. The molecule has 1 saturated heterocycles. The molecular weight excluding hydrogens is 321 g/mol. The Morgan fingerprint density at radius 2 is 2.05 bits per heavy atom. The molecule has 1 aromatic carbocycles. The Labute approximate surface area is 128 Å². The molecule has 1 aromatic rings. The SMILES string of the molecule is CN(C(=O)Cc1ccc(Cl)c(Cl)c1)[C@H]1CCS(=O)(=O)C1. The molecule has 1 aliphatic heterocycles. The lowest BCUT2D eigenvalue weighted by Gasteiger charge is -2.23. The lowest BCUT2D eigenvalue weighted by molar-refractivity contribution is -0.130. The Balaban J connectivity index is 2.02. The molecule has 1 amide bonds. The minimum Gasteiger partial charge on any atom is -0.341 e. The topological polar surface area (TPSA) is 54.5 Å². The van der Waals surface area contributed by atoms with E-state index < -0.39 is 9.84 Å². The molecule has 1 atom stereocenters. The first-order chi connectivity index (χ1) is 9.28. The van der Waals surface area contributed by atoms with Crippen molar-refractivity contribution < 1.29 is 13.2 Å². The Hall–Kier alpha value is -0.780. The third-order valence-electron chi connectivity index (χ3n) is 3.49. The molecule has 0 saturated carbocycles. The average Bonchev–Trinajstić information content (AvgIpc) is 2.73. The Morgan fingerprint density at radius 3 is 2.60 bits per heavy atom. The molecule has 0 N–H and O–H groups in total. The van der Waals surface area contributed by atoms with Crippen LogP contribution in [0.3, 0.4) is 0 Å². The van der Waals surface area contributed by atoms with Gasteiger partial charge >= 0.3 is 0 Å². The summed E-state index contributed by atoms with van der Waals surface area (Å²) in [5.74, 6) is 0.0871. The van der Waals surface area contributed by atoms with Gasteiger partial charge in [-0.2, -0.15) is 0 Å². The van der Waals surface area contributed by atoms with Crippen molar-refractivity contribution in [1.82, 2.24) is 4.90 Å². The van der Waals surface area contributed by atoms with Crippen molar-refractivity contribution in [2.24, 2.45) is 0 Å². The lowest BCUT2D eigenvalue weighted by atomic mass is 10.1. The van der Waals surface area contributed by atoms with Crippen molar-refractivity contribution in [2.75, 3.05) is 18.6 Å². The van der Waals surface area contributed by atoms with Crippen molar-refractivity contribution in [2.45, 2.75) is 18.9 Å². The van der Waals surface area contributed by atoms with Crippen LogP contribution in [0.25, 0.3) is 0 Å². The zero-order valence-electron chi connectivity index (χ0n) is 11.0. The molecule has 0 spiro atoms. The van der Waals surface area contributed by atoms with Gasteiger partial charge in [0.1, 0.15) is 0 Å². The zero-order chi connectivity index (χ0) is 14.9. The van der Waals surface area contributed by atoms with Gasteiger partial charge in [-0.1, -0.05) is 29.3 Å². The van der Waals surface area contributed by atoms with Gasteiger partial charge in [-0.3, -0.25) is 4.79 Å². The van der Waals surface area contributed by atoms with E-state index in [1.54, 1.807) is 25.2 Å². The fraction of sp³-hybridized carbons (Fsp3) is 0.462. The van der Waals surface area contributed by atoms with Gasteiger partial charge in [0.25, 0.3) is 0 Å². The predicted octanol–water partition coefficient (Wildman–Crippen LogP) is 2.18. The summed E-state index contributed by atoms with van der Waals surface area (Å²) in [4.78, 5) is 13.7. The molecule has 110 valence electrons. The van der Waals surface area contributed by atoms with Crippen molar-refractivity contribution in [3.63, 3.8) is 0 Å². The second-order valence-electron chi connectivity index (χ2n) is 4.99. The fourth-order valence-electron chi connectivity index (χ4n) is 2.23. The summed E-state index contributed by atoms with van der Waals surface area (Å²) in [7, 11) is -1.35. The first kappa shape index (κ1) is 15.6. The fourth-order valence-corrected chi connectivity index (χ4v) is 4.33. The second kappa shape index (κ2) is 5.92. The number of carbonyl (C=O) groups excluding carboxylic acids is 1. The van der Waals surface area contributed by atoms with E-state index in [0.29, 0.717) is 16.5 Å². The number of halogens is 2. The van der Waals surface area contributed by atoms with Crippen LogP contribution in [0.5, 0.6) is 0 Å². The number of hydrogen-bond acceptors (Lipinski definition) is 3. The van der Waals surface area contributed by atoms with E-state index in [1.807, 2.05) is 0 Å². The number of carbonyl (C=O) groups is 1. The average molecular weight is 336 g/mol. The molecule has 0 aliphatic carbocycles. The quantitative estimate of drug-likeness (QED) is 0.850. The van der Waals surface area contributed by atoms with E-state index in [-0.39, 0.29) is 29.9 Å². The minimum absolute atomic E-state index is 0.0522. The van der Waals surface area contributed by atoms with Crippen LogP contribution in [-0.2, 0) is 21.1 Å². The third-order valence-corrected chi connectivity index (χ3v) is 5.98. The van der Waals surface area contributed by atoms with Crippen LogP contribution in [0.2, 0.25) is 10.0 Å². The Morgan fingerprint density at radius 1 is 1.35 bits per heavy atom. The van der Waals surface area contributed by atoms with Gasteiger partial charge < -0.3 is 4.90 Å². The summed E-state index contributed by atoms with van der Waals surface area (Å²) >= 11 is 11.7. The van der Waals surface area contributed by atoms with Crippen molar-refractivity contribution in [1.29, 1.82) is 0 Å². The number of likely N-dealkylation sites (N-methyl/N-ethyl adjacent to an activating group) is 1. The molecule has 0 aromatic heterocycles. The van der Waals surface area contributed by atoms with Gasteiger partial charge in [-0.15, -0.1) is 0 Å². The van der Waals surface area contributed by atoms with Gasteiger partial charge in [0.05, 0.1) is 28.0 Å². The van der Waals surface area contributed by atoms with Gasteiger partial charge in [0.15, 0.2) is 9.84 Å². The molecule has 2 rings (SSSR count). The largest absolute Gasteiger partial charge is 0.341 e. The van der Waals surface area contributed by atoms with E-state index in [0.717, 1.165) is 5.56 Å². The molecule has 7 heteroatoms. The number of sulfone groups is 1. The summed E-state index contributed by atoms with van der Waals surface area (Å²) in [6.45, 7) is 0. The monoisotopic (exact) mass is 335 g/mol. The molecule has 4 nitrogen and oxygen atoms in total. The van der Waals surface area contributed by atoms with Crippen LogP contribution >= 0.6 is 23.2 Å². The normalized spacial score (nSPS) is 20.9. The van der Waals surface area contributed by atoms with Crippen LogP contribution in [0.1, 0.15) is 12.0 Å². The highest BCUT2D eigenvalue weighted by molar-refractivity contribution is 7.91. The maximum absolute atomic E-state index is 12.2. The van der Waals surface area contributed by atoms with Gasteiger partial charge in [0.2, 0.25) is 5.91 Å². The highest BCUT2D eigenvalue weighted by Crippen LogP contribution is 2.23. The van der Waals surface area contributed by atoms with Crippen molar-refractivity contribution >= 4 is 38.9 Å². The first-order valence-corrected chi connectivity index (χ1v) is 8.76. The van der Waals surface area contributed by atoms with Gasteiger partial charge in [0, 0.05) is 13.1 Å². The molecule has 20 heavy (non-hydrogen) atoms. The van der Waals surface area contributed by atoms with E-state index in [4.69, 9.17) is 23.2 Å². The minimum atomic E-state index is -2.99. The predicted molar refractivity (Wildman–Crippen MR) is 80.0 cm³/mol. The van der Waals surface area contributed by atoms with Crippen LogP contribution in [0.4, 0.5) is 0 Å². The maximum atomic E-state index is 12.2. The molecule has 0 radical (unpaired) electrons. The highest BCUT2D eigenvalue weighted by Gasteiger charge is 2.32. The summed E-state index contributed by atoms with van der Waals surface area (Å²) < 4.78 is 22.9. The lowest BCUT2D eigenvalue weighted by Crippen LogP contribution is -2.38. The van der Waals surface area contributed by atoms with Crippen LogP contribution in [0.15, 0.2) is 18.2 Å². The van der Waals surface area contributed by atoms with Crippen molar-refractivity contribution in [3.8, 4) is 0 Å². The number of nitrogens with zero attached hydrogens (tertiary/aromatic N) is 1. The maximum Gasteiger partial charge on any atom is 0.227 e. The second-order valence-corrected chi connectivity index (χ2v) is 8.03. The molecule has 1 aliphatic rings. The third kappa shape index (κ3) is 3.65. The summed E-state index contributed by atoms with van der Waals surface area (Å²) in [5.41, 5.74) is 0.761. The first-order valence-electron chi connectivity index (χ1n) is 6.18. The highest BCUT2D eigenvalue weighted by atomic mass is 35.5. The number of amides is 1. The molecule has 1 heterocycles. The van der Waals surface area contributed by atoms with Crippen molar-refractivity contribution in [3.05, 3.63) is 33.8 Å². The van der Waals surface area contributed by atoms with E-state index in [1.165, 1.54) is 4.90 Å². The number of rotatable bonds is 3. The van der Waals surface area contributed by atoms with Crippen LogP contribution < -0.4 is 0 Å². The smallest absolute Gasteiger partial charge is 0.227 e. The van der Waals surface area contributed by atoms with Gasteiger partial charge in [-0.05, 0) is 24.1 Å².